The Bertz CT molecular complexity index is 480. The molecular weight excluding hydrogens is 282 g/mol. The molecule has 1 saturated heterocycles. The van der Waals surface area contributed by atoms with Crippen molar-refractivity contribution in [3.05, 3.63) is 18.5 Å². The van der Waals surface area contributed by atoms with Gasteiger partial charge in [-0.25, -0.2) is 0 Å². The van der Waals surface area contributed by atoms with Gasteiger partial charge in [0, 0.05) is 31.9 Å². The SMILES string of the molecule is CCCNC(=O)CCNC(=O)C1(n2cccn2)CCNCC1. The summed E-state index contributed by atoms with van der Waals surface area (Å²) in [4.78, 5) is 24.3. The lowest BCUT2D eigenvalue weighted by atomic mass is 9.87. The summed E-state index contributed by atoms with van der Waals surface area (Å²) >= 11 is 0. The molecule has 2 rings (SSSR count). The summed E-state index contributed by atoms with van der Waals surface area (Å²) in [5.41, 5.74) is -0.644. The van der Waals surface area contributed by atoms with Gasteiger partial charge in [-0.1, -0.05) is 6.92 Å². The fourth-order valence-electron chi connectivity index (χ4n) is 2.73. The molecule has 122 valence electrons. The van der Waals surface area contributed by atoms with Crippen LogP contribution in [-0.2, 0) is 15.1 Å². The maximum atomic E-state index is 12.7. The molecule has 1 aromatic rings. The molecule has 0 saturated carbocycles. The molecule has 2 heterocycles. The van der Waals surface area contributed by atoms with Gasteiger partial charge in [0.15, 0.2) is 0 Å². The lowest BCUT2D eigenvalue weighted by Crippen LogP contribution is -2.55. The Morgan fingerprint density at radius 1 is 1.27 bits per heavy atom. The number of aromatic nitrogens is 2. The van der Waals surface area contributed by atoms with E-state index < -0.39 is 5.54 Å². The molecule has 0 unspecified atom stereocenters. The van der Waals surface area contributed by atoms with Crippen molar-refractivity contribution in [2.24, 2.45) is 0 Å². The van der Waals surface area contributed by atoms with E-state index in [0.29, 0.717) is 32.4 Å². The van der Waals surface area contributed by atoms with Crippen LogP contribution in [0.2, 0.25) is 0 Å². The monoisotopic (exact) mass is 307 g/mol. The van der Waals surface area contributed by atoms with E-state index in [2.05, 4.69) is 21.0 Å². The Morgan fingerprint density at radius 2 is 2.05 bits per heavy atom. The fourth-order valence-corrected chi connectivity index (χ4v) is 2.73. The van der Waals surface area contributed by atoms with Gasteiger partial charge in [0.05, 0.1) is 0 Å². The van der Waals surface area contributed by atoms with E-state index in [1.807, 2.05) is 19.2 Å². The van der Waals surface area contributed by atoms with Gasteiger partial charge in [-0.3, -0.25) is 14.3 Å². The first-order valence-electron chi connectivity index (χ1n) is 7.95. The Balaban J connectivity index is 1.92. The lowest BCUT2D eigenvalue weighted by Gasteiger charge is -2.36. The topological polar surface area (TPSA) is 88.1 Å². The summed E-state index contributed by atoms with van der Waals surface area (Å²) in [6.07, 6.45) is 6.13. The number of amides is 2. The quantitative estimate of drug-likeness (QED) is 0.661. The minimum absolute atomic E-state index is 0.0272. The smallest absolute Gasteiger partial charge is 0.248 e. The number of carbonyl (C=O) groups is 2. The second kappa shape index (κ2) is 7.93. The maximum absolute atomic E-state index is 12.7. The number of nitrogens with one attached hydrogen (secondary N) is 3. The highest BCUT2D eigenvalue weighted by Gasteiger charge is 2.41. The van der Waals surface area contributed by atoms with Crippen molar-refractivity contribution in [3.8, 4) is 0 Å². The number of nitrogens with zero attached hydrogens (tertiary/aromatic N) is 2. The molecule has 7 nitrogen and oxygen atoms in total. The van der Waals surface area contributed by atoms with Gasteiger partial charge in [-0.2, -0.15) is 5.10 Å². The predicted octanol–water partition coefficient (Wildman–Crippen LogP) is -0.00570. The molecule has 22 heavy (non-hydrogen) atoms. The van der Waals surface area contributed by atoms with E-state index in [9.17, 15) is 9.59 Å². The molecule has 0 atom stereocenters. The normalized spacial score (nSPS) is 17.0. The number of carbonyl (C=O) groups excluding carboxylic acids is 2. The van der Waals surface area contributed by atoms with Gasteiger partial charge in [0.1, 0.15) is 5.54 Å². The Kier molecular flexibility index (Phi) is 5.94. The van der Waals surface area contributed by atoms with Crippen LogP contribution >= 0.6 is 0 Å². The van der Waals surface area contributed by atoms with Gasteiger partial charge in [-0.05, 0) is 38.4 Å². The summed E-state index contributed by atoms with van der Waals surface area (Å²) in [6, 6.07) is 1.83. The molecule has 0 radical (unpaired) electrons. The molecule has 1 aliphatic heterocycles. The van der Waals surface area contributed by atoms with Crippen LogP contribution in [0.1, 0.15) is 32.6 Å². The molecule has 0 aromatic carbocycles. The predicted molar refractivity (Wildman–Crippen MR) is 83.2 cm³/mol. The first kappa shape index (κ1) is 16.5. The average Bonchev–Trinajstić information content (AvgIpc) is 3.08. The summed E-state index contributed by atoms with van der Waals surface area (Å²) in [5.74, 6) is -0.0819. The third kappa shape index (κ3) is 3.85. The van der Waals surface area contributed by atoms with Gasteiger partial charge >= 0.3 is 0 Å². The maximum Gasteiger partial charge on any atom is 0.248 e. The van der Waals surface area contributed by atoms with Gasteiger partial charge in [0.25, 0.3) is 0 Å². The molecule has 0 spiro atoms. The van der Waals surface area contributed by atoms with Crippen molar-refractivity contribution in [2.75, 3.05) is 26.2 Å². The summed E-state index contributed by atoms with van der Waals surface area (Å²) in [6.45, 7) is 4.60. The summed E-state index contributed by atoms with van der Waals surface area (Å²) < 4.78 is 1.75. The first-order chi connectivity index (χ1) is 10.7. The zero-order valence-corrected chi connectivity index (χ0v) is 13.1. The third-order valence-electron chi connectivity index (χ3n) is 4.01. The van der Waals surface area contributed by atoms with Crippen LogP contribution < -0.4 is 16.0 Å². The van der Waals surface area contributed by atoms with Gasteiger partial charge < -0.3 is 16.0 Å². The number of hydrogen-bond acceptors (Lipinski definition) is 4. The minimum Gasteiger partial charge on any atom is -0.356 e. The van der Waals surface area contributed by atoms with Crippen LogP contribution in [0.5, 0.6) is 0 Å². The molecule has 2 amide bonds. The summed E-state index contributed by atoms with van der Waals surface area (Å²) in [7, 11) is 0. The van der Waals surface area contributed by atoms with Crippen LogP contribution in [-0.4, -0.2) is 47.8 Å². The van der Waals surface area contributed by atoms with E-state index in [1.165, 1.54) is 0 Å². The zero-order chi connectivity index (χ0) is 15.8. The molecule has 1 aromatic heterocycles. The highest BCUT2D eigenvalue weighted by atomic mass is 16.2. The molecule has 3 N–H and O–H groups in total. The van der Waals surface area contributed by atoms with Crippen molar-refractivity contribution in [1.82, 2.24) is 25.7 Å². The molecule has 1 fully saturated rings. The second-order valence-corrected chi connectivity index (χ2v) is 5.59. The largest absolute Gasteiger partial charge is 0.356 e. The Morgan fingerprint density at radius 3 is 2.68 bits per heavy atom. The minimum atomic E-state index is -0.644. The van der Waals surface area contributed by atoms with Crippen molar-refractivity contribution in [1.29, 1.82) is 0 Å². The molecule has 0 aliphatic carbocycles. The third-order valence-corrected chi connectivity index (χ3v) is 4.01. The fraction of sp³-hybridized carbons (Fsp3) is 0.667. The van der Waals surface area contributed by atoms with E-state index in [-0.39, 0.29) is 11.8 Å². The van der Waals surface area contributed by atoms with Crippen LogP contribution in [0.25, 0.3) is 0 Å². The number of hydrogen-bond donors (Lipinski definition) is 3. The zero-order valence-electron chi connectivity index (χ0n) is 13.1. The van der Waals surface area contributed by atoms with E-state index >= 15 is 0 Å². The number of rotatable bonds is 7. The average molecular weight is 307 g/mol. The molecular formula is C15H25N5O2. The first-order valence-corrected chi connectivity index (χ1v) is 7.95. The summed E-state index contributed by atoms with van der Waals surface area (Å²) in [5, 5.41) is 13.2. The Hall–Kier alpha value is -1.89. The van der Waals surface area contributed by atoms with Gasteiger partial charge in [0.2, 0.25) is 11.8 Å². The number of piperidine rings is 1. The standard InChI is InChI=1S/C15H25N5O2/c1-2-7-17-13(21)4-9-18-14(22)15(5-10-16-11-6-15)20-12-3-8-19-20/h3,8,12,16H,2,4-7,9-11H2,1H3,(H,17,21)(H,18,22). The van der Waals surface area contributed by atoms with Crippen LogP contribution in [0.3, 0.4) is 0 Å². The molecule has 7 heteroatoms. The van der Waals surface area contributed by atoms with Crippen LogP contribution in [0.15, 0.2) is 18.5 Å². The second-order valence-electron chi connectivity index (χ2n) is 5.59. The highest BCUT2D eigenvalue weighted by molar-refractivity contribution is 5.85. The van der Waals surface area contributed by atoms with Crippen LogP contribution in [0.4, 0.5) is 0 Å². The lowest BCUT2D eigenvalue weighted by molar-refractivity contribution is -0.132. The van der Waals surface area contributed by atoms with E-state index in [1.54, 1.807) is 10.9 Å². The Labute approximate surface area is 130 Å². The van der Waals surface area contributed by atoms with Gasteiger partial charge in [-0.15, -0.1) is 0 Å². The van der Waals surface area contributed by atoms with Crippen LogP contribution in [0, 0.1) is 0 Å². The van der Waals surface area contributed by atoms with Crippen molar-refractivity contribution in [3.63, 3.8) is 0 Å². The molecule has 1 aliphatic rings. The van der Waals surface area contributed by atoms with Crippen molar-refractivity contribution in [2.45, 2.75) is 38.1 Å². The highest BCUT2D eigenvalue weighted by Crippen LogP contribution is 2.27. The molecule has 0 bridgehead atoms. The van der Waals surface area contributed by atoms with Crippen molar-refractivity contribution < 1.29 is 9.59 Å². The van der Waals surface area contributed by atoms with E-state index in [0.717, 1.165) is 19.5 Å². The van der Waals surface area contributed by atoms with E-state index in [4.69, 9.17) is 0 Å². The van der Waals surface area contributed by atoms with Crippen molar-refractivity contribution >= 4 is 11.8 Å².